The van der Waals surface area contributed by atoms with Gasteiger partial charge in [-0.1, -0.05) is 75.2 Å². The molecule has 0 aliphatic heterocycles. The molecule has 2 aromatic carbocycles. The molecule has 3 rings (SSSR count). The van der Waals surface area contributed by atoms with Crippen LogP contribution in [0.2, 0.25) is 0 Å². The SMILES string of the molecule is CCCCN(C)C(=O)C(CCC(F)CCC)(Cc1ccccc1)NC(=O)Cc1c[nH]c2ccccc12. The highest BCUT2D eigenvalue weighted by molar-refractivity contribution is 5.94. The highest BCUT2D eigenvalue weighted by atomic mass is 19.1. The van der Waals surface area contributed by atoms with E-state index in [-0.39, 0.29) is 31.1 Å². The maximum absolute atomic E-state index is 14.7. The smallest absolute Gasteiger partial charge is 0.248 e. The second-order valence-electron chi connectivity index (χ2n) is 9.83. The third-order valence-corrected chi connectivity index (χ3v) is 6.84. The van der Waals surface area contributed by atoms with Crippen LogP contribution in [0.3, 0.4) is 0 Å². The highest BCUT2D eigenvalue weighted by Crippen LogP contribution is 2.26. The first kappa shape index (κ1) is 27.4. The van der Waals surface area contributed by atoms with Crippen molar-refractivity contribution in [2.45, 2.75) is 76.9 Å². The summed E-state index contributed by atoms with van der Waals surface area (Å²) in [6.07, 6.45) is 4.78. The number of rotatable bonds is 14. The minimum atomic E-state index is -1.22. The van der Waals surface area contributed by atoms with E-state index < -0.39 is 11.7 Å². The topological polar surface area (TPSA) is 65.2 Å². The molecule has 0 saturated carbocycles. The van der Waals surface area contributed by atoms with Crippen LogP contribution in [-0.4, -0.2) is 47.0 Å². The molecular weight excluding hydrogens is 453 g/mol. The minimum absolute atomic E-state index is 0.139. The number of nitrogens with zero attached hydrogens (tertiary/aromatic N) is 1. The summed E-state index contributed by atoms with van der Waals surface area (Å²) in [4.78, 5) is 32.4. The first-order chi connectivity index (χ1) is 17.4. The number of para-hydroxylation sites is 1. The van der Waals surface area contributed by atoms with Gasteiger partial charge in [0.1, 0.15) is 11.7 Å². The van der Waals surface area contributed by atoms with Crippen LogP contribution in [0, 0.1) is 0 Å². The number of carbonyl (C=O) groups is 2. The zero-order valence-electron chi connectivity index (χ0n) is 21.9. The molecule has 3 aromatic rings. The molecule has 0 saturated heterocycles. The lowest BCUT2D eigenvalue weighted by atomic mass is 9.83. The number of alkyl halides is 1. The Morgan fingerprint density at radius 1 is 1.03 bits per heavy atom. The number of aromatic nitrogens is 1. The molecule has 1 aromatic heterocycles. The van der Waals surface area contributed by atoms with Crippen molar-refractivity contribution in [3.8, 4) is 0 Å². The molecule has 1 heterocycles. The van der Waals surface area contributed by atoms with E-state index in [0.717, 1.165) is 41.3 Å². The van der Waals surface area contributed by atoms with Gasteiger partial charge in [-0.25, -0.2) is 4.39 Å². The van der Waals surface area contributed by atoms with E-state index in [9.17, 15) is 14.0 Å². The van der Waals surface area contributed by atoms with Crippen molar-refractivity contribution < 1.29 is 14.0 Å². The molecule has 0 aliphatic carbocycles. The lowest BCUT2D eigenvalue weighted by Gasteiger charge is -2.37. The molecule has 2 N–H and O–H groups in total. The van der Waals surface area contributed by atoms with E-state index in [4.69, 9.17) is 0 Å². The van der Waals surface area contributed by atoms with Crippen molar-refractivity contribution in [1.82, 2.24) is 15.2 Å². The maximum atomic E-state index is 14.7. The highest BCUT2D eigenvalue weighted by Gasteiger charge is 2.42. The van der Waals surface area contributed by atoms with E-state index >= 15 is 0 Å². The molecule has 6 heteroatoms. The van der Waals surface area contributed by atoms with Gasteiger partial charge in [-0.3, -0.25) is 9.59 Å². The van der Waals surface area contributed by atoms with Gasteiger partial charge < -0.3 is 15.2 Å². The molecule has 0 aliphatic rings. The number of unbranched alkanes of at least 4 members (excludes halogenated alkanes) is 1. The predicted molar refractivity (Wildman–Crippen MR) is 145 cm³/mol. The number of likely N-dealkylation sites (N-methyl/N-ethyl adjacent to an activating group) is 1. The quantitative estimate of drug-likeness (QED) is 0.290. The van der Waals surface area contributed by atoms with E-state index in [1.165, 1.54) is 0 Å². The third kappa shape index (κ3) is 7.19. The van der Waals surface area contributed by atoms with Gasteiger partial charge in [0.05, 0.1) is 6.42 Å². The van der Waals surface area contributed by atoms with Gasteiger partial charge in [0.25, 0.3) is 0 Å². The molecule has 2 atom stereocenters. The molecular formula is C30H40FN3O2. The summed E-state index contributed by atoms with van der Waals surface area (Å²) in [5.74, 6) is -0.394. The van der Waals surface area contributed by atoms with Gasteiger partial charge >= 0.3 is 0 Å². The van der Waals surface area contributed by atoms with E-state index in [2.05, 4.69) is 17.2 Å². The molecule has 0 radical (unpaired) electrons. The summed E-state index contributed by atoms with van der Waals surface area (Å²) >= 11 is 0. The number of fused-ring (bicyclic) bond motifs is 1. The fourth-order valence-electron chi connectivity index (χ4n) is 4.86. The van der Waals surface area contributed by atoms with Crippen molar-refractivity contribution in [3.63, 3.8) is 0 Å². The molecule has 36 heavy (non-hydrogen) atoms. The zero-order valence-corrected chi connectivity index (χ0v) is 21.9. The van der Waals surface area contributed by atoms with Crippen LogP contribution in [0.1, 0.15) is 63.5 Å². The summed E-state index contributed by atoms with van der Waals surface area (Å²) in [6, 6.07) is 17.5. The number of nitrogens with one attached hydrogen (secondary N) is 2. The van der Waals surface area contributed by atoms with Crippen LogP contribution in [0.4, 0.5) is 4.39 Å². The lowest BCUT2D eigenvalue weighted by molar-refractivity contribution is -0.141. The normalized spacial score (nSPS) is 13.8. The summed E-state index contributed by atoms with van der Waals surface area (Å²) in [5, 5.41) is 4.11. The van der Waals surface area contributed by atoms with Crippen LogP contribution in [0.25, 0.3) is 10.9 Å². The second-order valence-corrected chi connectivity index (χ2v) is 9.83. The molecule has 5 nitrogen and oxygen atoms in total. The fraction of sp³-hybridized carbons (Fsp3) is 0.467. The average molecular weight is 494 g/mol. The maximum Gasteiger partial charge on any atom is 0.248 e. The number of amides is 2. The van der Waals surface area contributed by atoms with Gasteiger partial charge in [-0.15, -0.1) is 0 Å². The molecule has 2 amide bonds. The van der Waals surface area contributed by atoms with Crippen molar-refractivity contribution in [2.24, 2.45) is 0 Å². The number of hydrogen-bond acceptors (Lipinski definition) is 2. The summed E-state index contributed by atoms with van der Waals surface area (Å²) < 4.78 is 14.7. The first-order valence-electron chi connectivity index (χ1n) is 13.2. The Kier molecular flexibility index (Phi) is 10.1. The van der Waals surface area contributed by atoms with Crippen molar-refractivity contribution in [3.05, 3.63) is 71.9 Å². The van der Waals surface area contributed by atoms with Crippen molar-refractivity contribution in [2.75, 3.05) is 13.6 Å². The monoisotopic (exact) mass is 493 g/mol. The molecule has 194 valence electrons. The Bertz CT molecular complexity index is 1110. The Morgan fingerprint density at radius 3 is 2.47 bits per heavy atom. The summed E-state index contributed by atoms with van der Waals surface area (Å²) in [5.41, 5.74) is 1.56. The number of hydrogen-bond donors (Lipinski definition) is 2. The van der Waals surface area contributed by atoms with E-state index in [1.54, 1.807) is 11.9 Å². The second kappa shape index (κ2) is 13.2. The van der Waals surface area contributed by atoms with Crippen molar-refractivity contribution >= 4 is 22.7 Å². The third-order valence-electron chi connectivity index (χ3n) is 6.84. The van der Waals surface area contributed by atoms with E-state index in [0.29, 0.717) is 19.4 Å². The van der Waals surface area contributed by atoms with Crippen LogP contribution < -0.4 is 5.32 Å². The molecule has 2 unspecified atom stereocenters. The predicted octanol–water partition coefficient (Wildman–Crippen LogP) is 5.99. The van der Waals surface area contributed by atoms with E-state index in [1.807, 2.05) is 67.7 Å². The van der Waals surface area contributed by atoms with Crippen LogP contribution in [0.5, 0.6) is 0 Å². The van der Waals surface area contributed by atoms with Gasteiger partial charge in [-0.2, -0.15) is 0 Å². The Hall–Kier alpha value is -3.15. The number of H-pyrrole nitrogens is 1. The summed E-state index contributed by atoms with van der Waals surface area (Å²) in [7, 11) is 1.78. The molecule has 0 spiro atoms. The Balaban J connectivity index is 1.93. The summed E-state index contributed by atoms with van der Waals surface area (Å²) in [6.45, 7) is 4.63. The first-order valence-corrected chi connectivity index (χ1v) is 13.2. The van der Waals surface area contributed by atoms with Crippen LogP contribution in [0.15, 0.2) is 60.8 Å². The van der Waals surface area contributed by atoms with Gasteiger partial charge in [-0.05, 0) is 42.9 Å². The Morgan fingerprint density at radius 2 is 1.75 bits per heavy atom. The lowest BCUT2D eigenvalue weighted by Crippen LogP contribution is -2.61. The minimum Gasteiger partial charge on any atom is -0.361 e. The Labute approximate surface area is 214 Å². The average Bonchev–Trinajstić information content (AvgIpc) is 3.28. The zero-order chi connectivity index (χ0) is 26.0. The molecule has 0 fully saturated rings. The number of benzene rings is 2. The fourth-order valence-corrected chi connectivity index (χ4v) is 4.86. The van der Waals surface area contributed by atoms with Gasteiger partial charge in [0.15, 0.2) is 0 Å². The van der Waals surface area contributed by atoms with Crippen LogP contribution in [-0.2, 0) is 22.4 Å². The standard InChI is InChI=1S/C30H40FN3O2/c1-4-6-19-34(3)29(36)30(18-17-25(31)12-5-2,21-23-13-8-7-9-14-23)33-28(35)20-24-22-32-27-16-11-10-15-26(24)27/h7-11,13-16,22,25,32H,4-6,12,17-21H2,1-3H3,(H,33,35). The number of carbonyl (C=O) groups excluding carboxylic acids is 2. The molecule has 0 bridgehead atoms. The number of halogens is 1. The largest absolute Gasteiger partial charge is 0.361 e. The van der Waals surface area contributed by atoms with Crippen LogP contribution >= 0.6 is 0 Å². The van der Waals surface area contributed by atoms with Gasteiger partial charge in [0.2, 0.25) is 11.8 Å². The van der Waals surface area contributed by atoms with Crippen molar-refractivity contribution in [1.29, 1.82) is 0 Å². The van der Waals surface area contributed by atoms with Gasteiger partial charge in [0, 0.05) is 37.1 Å². The number of aromatic amines is 1.